The minimum Gasteiger partial charge on any atom is -0.496 e. The molecule has 18 heavy (non-hydrogen) atoms. The minimum atomic E-state index is 0.775. The third-order valence-electron chi connectivity index (χ3n) is 2.41. The van der Waals surface area contributed by atoms with E-state index in [-0.39, 0.29) is 0 Å². The fraction of sp³-hybridized carbons (Fsp3) is 0.231. The molecule has 2 aromatic rings. The molecule has 1 N–H and O–H groups in total. The van der Waals surface area contributed by atoms with Crippen molar-refractivity contribution in [1.29, 1.82) is 0 Å². The molecule has 0 radical (unpaired) electrons. The van der Waals surface area contributed by atoms with Crippen LogP contribution in [0.5, 0.6) is 5.75 Å². The van der Waals surface area contributed by atoms with Gasteiger partial charge in [0.05, 0.1) is 25.2 Å². The average molecular weight is 261 g/mol. The predicted octanol–water partition coefficient (Wildman–Crippen LogP) is 2.82. The summed E-state index contributed by atoms with van der Waals surface area (Å²) in [6.45, 7) is 0. The van der Waals surface area contributed by atoms with Gasteiger partial charge in [0, 0.05) is 17.7 Å². The van der Waals surface area contributed by atoms with Crippen LogP contribution in [0.25, 0.3) is 0 Å². The number of para-hydroxylation sites is 1. The van der Waals surface area contributed by atoms with Crippen LogP contribution in [0.3, 0.4) is 0 Å². The lowest BCUT2D eigenvalue weighted by Gasteiger charge is -2.07. The van der Waals surface area contributed by atoms with Gasteiger partial charge in [-0.25, -0.2) is 4.98 Å². The second kappa shape index (κ2) is 6.26. The predicted molar refractivity (Wildman–Crippen MR) is 74.1 cm³/mol. The van der Waals surface area contributed by atoms with Crippen LogP contribution in [0.15, 0.2) is 41.6 Å². The maximum absolute atomic E-state index is 5.30. The highest BCUT2D eigenvalue weighted by atomic mass is 32.2. The smallest absolute Gasteiger partial charge is 0.144 e. The van der Waals surface area contributed by atoms with Crippen molar-refractivity contribution in [3.8, 4) is 5.75 Å². The Hall–Kier alpha value is -1.75. The lowest BCUT2D eigenvalue weighted by atomic mass is 10.3. The van der Waals surface area contributed by atoms with Crippen LogP contribution in [-0.4, -0.2) is 24.1 Å². The Kier molecular flexibility index (Phi) is 4.41. The molecule has 5 heteroatoms. The van der Waals surface area contributed by atoms with E-state index in [1.54, 1.807) is 31.3 Å². The van der Waals surface area contributed by atoms with Gasteiger partial charge < -0.3 is 10.1 Å². The first-order chi connectivity index (χ1) is 8.83. The summed E-state index contributed by atoms with van der Waals surface area (Å²) in [5.74, 6) is 2.44. The molecule has 0 aliphatic carbocycles. The Balaban J connectivity index is 2.02. The summed E-state index contributed by atoms with van der Waals surface area (Å²) < 4.78 is 5.30. The van der Waals surface area contributed by atoms with Gasteiger partial charge in [-0.15, -0.1) is 11.8 Å². The molecule has 0 saturated carbocycles. The van der Waals surface area contributed by atoms with Gasteiger partial charge in [-0.1, -0.05) is 12.1 Å². The monoisotopic (exact) mass is 261 g/mol. The minimum absolute atomic E-state index is 0.775. The fourth-order valence-electron chi connectivity index (χ4n) is 1.45. The quantitative estimate of drug-likeness (QED) is 0.839. The molecule has 0 aliphatic heterocycles. The number of nitrogens with one attached hydrogen (secondary N) is 1. The molecule has 1 heterocycles. The number of thioether (sulfide) groups is 1. The molecule has 0 aliphatic rings. The highest BCUT2D eigenvalue weighted by Gasteiger charge is 2.03. The second-order valence-electron chi connectivity index (χ2n) is 3.58. The van der Waals surface area contributed by atoms with E-state index in [2.05, 4.69) is 15.3 Å². The molecular weight excluding hydrogens is 246 g/mol. The summed E-state index contributed by atoms with van der Waals surface area (Å²) in [4.78, 5) is 9.68. The van der Waals surface area contributed by atoms with E-state index in [4.69, 9.17) is 4.74 Å². The number of hydrogen-bond acceptors (Lipinski definition) is 5. The Bertz CT molecular complexity index is 502. The third-order valence-corrected chi connectivity index (χ3v) is 3.49. The van der Waals surface area contributed by atoms with Crippen LogP contribution >= 0.6 is 11.8 Å². The van der Waals surface area contributed by atoms with Gasteiger partial charge in [0.1, 0.15) is 11.6 Å². The van der Waals surface area contributed by atoms with E-state index in [9.17, 15) is 0 Å². The van der Waals surface area contributed by atoms with Gasteiger partial charge >= 0.3 is 0 Å². The molecule has 1 aromatic carbocycles. The number of ether oxygens (including phenoxy) is 1. The number of benzene rings is 1. The van der Waals surface area contributed by atoms with Crippen molar-refractivity contribution in [2.75, 3.05) is 19.5 Å². The highest BCUT2D eigenvalue weighted by molar-refractivity contribution is 7.98. The van der Waals surface area contributed by atoms with Gasteiger partial charge in [-0.2, -0.15) is 0 Å². The molecule has 0 atom stereocenters. The normalized spacial score (nSPS) is 10.1. The summed E-state index contributed by atoms with van der Waals surface area (Å²) >= 11 is 1.69. The van der Waals surface area contributed by atoms with Crippen LogP contribution in [0.2, 0.25) is 0 Å². The fourth-order valence-corrected chi connectivity index (χ4v) is 2.37. The van der Waals surface area contributed by atoms with E-state index in [1.165, 1.54) is 0 Å². The molecule has 4 nitrogen and oxygen atoms in total. The van der Waals surface area contributed by atoms with Gasteiger partial charge in [0.25, 0.3) is 0 Å². The van der Waals surface area contributed by atoms with Crippen molar-refractivity contribution in [3.63, 3.8) is 0 Å². The van der Waals surface area contributed by atoms with Crippen LogP contribution in [-0.2, 0) is 5.75 Å². The van der Waals surface area contributed by atoms with Crippen LogP contribution in [0.1, 0.15) is 5.69 Å². The first kappa shape index (κ1) is 12.7. The molecule has 0 spiro atoms. The lowest BCUT2D eigenvalue weighted by Crippen LogP contribution is -1.95. The number of aromatic nitrogens is 2. The number of anilines is 1. The summed E-state index contributed by atoms with van der Waals surface area (Å²) in [5.41, 5.74) is 0.949. The Labute approximate surface area is 111 Å². The first-order valence-corrected chi connectivity index (χ1v) is 6.56. The standard InChI is InChI=1S/C13H15N3OS/c1-14-13-8-15-10(7-16-13)9-18-12-6-4-3-5-11(12)17-2/h3-8H,9H2,1-2H3,(H,14,16). The van der Waals surface area contributed by atoms with E-state index >= 15 is 0 Å². The van der Waals surface area contributed by atoms with Crippen molar-refractivity contribution in [3.05, 3.63) is 42.4 Å². The van der Waals surface area contributed by atoms with Crippen LogP contribution in [0.4, 0.5) is 5.82 Å². The molecule has 0 saturated heterocycles. The van der Waals surface area contributed by atoms with Crippen molar-refractivity contribution in [2.45, 2.75) is 10.6 Å². The van der Waals surface area contributed by atoms with Gasteiger partial charge in [-0.3, -0.25) is 4.98 Å². The molecule has 0 amide bonds. The van der Waals surface area contributed by atoms with Gasteiger partial charge in [-0.05, 0) is 12.1 Å². The first-order valence-electron chi connectivity index (χ1n) is 5.58. The highest BCUT2D eigenvalue weighted by Crippen LogP contribution is 2.30. The molecule has 94 valence electrons. The number of methoxy groups -OCH3 is 1. The van der Waals surface area contributed by atoms with Crippen molar-refractivity contribution < 1.29 is 4.74 Å². The maximum atomic E-state index is 5.30. The van der Waals surface area contributed by atoms with Crippen LogP contribution < -0.4 is 10.1 Å². The summed E-state index contributed by atoms with van der Waals surface area (Å²) in [6.07, 6.45) is 3.52. The summed E-state index contributed by atoms with van der Waals surface area (Å²) in [5, 5.41) is 2.95. The number of hydrogen-bond donors (Lipinski definition) is 1. The molecule has 0 fully saturated rings. The third kappa shape index (κ3) is 3.13. The zero-order valence-electron chi connectivity index (χ0n) is 10.4. The summed E-state index contributed by atoms with van der Waals surface area (Å²) in [6, 6.07) is 7.96. The van der Waals surface area contributed by atoms with Gasteiger partial charge in [0.15, 0.2) is 0 Å². The van der Waals surface area contributed by atoms with Crippen molar-refractivity contribution in [1.82, 2.24) is 9.97 Å². The largest absolute Gasteiger partial charge is 0.496 e. The number of nitrogens with zero attached hydrogens (tertiary/aromatic N) is 2. The Morgan fingerprint density at radius 2 is 2.06 bits per heavy atom. The van der Waals surface area contributed by atoms with E-state index < -0.39 is 0 Å². The number of rotatable bonds is 5. The molecule has 0 bridgehead atoms. The molecule has 0 unspecified atom stereocenters. The van der Waals surface area contributed by atoms with Crippen molar-refractivity contribution >= 4 is 17.6 Å². The van der Waals surface area contributed by atoms with Crippen molar-refractivity contribution in [2.24, 2.45) is 0 Å². The lowest BCUT2D eigenvalue weighted by molar-refractivity contribution is 0.405. The average Bonchev–Trinajstić information content (AvgIpc) is 2.46. The van der Waals surface area contributed by atoms with Crippen LogP contribution in [0, 0.1) is 0 Å². The zero-order chi connectivity index (χ0) is 12.8. The Morgan fingerprint density at radius 1 is 1.22 bits per heavy atom. The van der Waals surface area contributed by atoms with Gasteiger partial charge in [0.2, 0.25) is 0 Å². The topological polar surface area (TPSA) is 47.0 Å². The Morgan fingerprint density at radius 3 is 2.72 bits per heavy atom. The maximum Gasteiger partial charge on any atom is 0.144 e. The van der Waals surface area contributed by atoms with E-state index in [0.717, 1.165) is 27.9 Å². The zero-order valence-corrected chi connectivity index (χ0v) is 11.2. The SMILES string of the molecule is CNc1cnc(CSc2ccccc2OC)cn1. The summed E-state index contributed by atoms with van der Waals surface area (Å²) in [7, 11) is 3.51. The van der Waals surface area contributed by atoms with E-state index in [1.807, 2.05) is 31.3 Å². The second-order valence-corrected chi connectivity index (χ2v) is 4.60. The molecule has 1 aromatic heterocycles. The van der Waals surface area contributed by atoms with E-state index in [0.29, 0.717) is 0 Å². The molecular formula is C13H15N3OS. The molecule has 2 rings (SSSR count).